The lowest BCUT2D eigenvalue weighted by molar-refractivity contribution is -0.120. The summed E-state index contributed by atoms with van der Waals surface area (Å²) in [6.07, 6.45) is 0.350. The molecular formula is C20H25NO4. The van der Waals surface area contributed by atoms with Crippen molar-refractivity contribution in [1.29, 1.82) is 0 Å². The Bertz CT molecular complexity index is 756. The lowest BCUT2D eigenvalue weighted by Gasteiger charge is -2.16. The van der Waals surface area contributed by atoms with Gasteiger partial charge in [-0.3, -0.25) is 4.79 Å². The molecule has 1 N–H and O–H groups in total. The minimum atomic E-state index is -0.0365. The lowest BCUT2D eigenvalue weighted by atomic mass is 10.0. The first kappa shape index (κ1) is 18.6. The van der Waals surface area contributed by atoms with Crippen LogP contribution in [0.5, 0.6) is 17.2 Å². The first-order valence-electron chi connectivity index (χ1n) is 8.10. The van der Waals surface area contributed by atoms with Gasteiger partial charge in [0, 0.05) is 12.1 Å². The third kappa shape index (κ3) is 4.44. The molecule has 0 heterocycles. The summed E-state index contributed by atoms with van der Waals surface area (Å²) in [5.74, 6) is 1.63. The molecule has 1 amide bonds. The normalized spacial score (nSPS) is 10.3. The van der Waals surface area contributed by atoms with E-state index in [0.29, 0.717) is 30.2 Å². The molecule has 134 valence electrons. The summed E-state index contributed by atoms with van der Waals surface area (Å²) >= 11 is 0. The number of hydrogen-bond donors (Lipinski definition) is 1. The maximum absolute atomic E-state index is 12.3. The van der Waals surface area contributed by atoms with Crippen LogP contribution in [0.2, 0.25) is 0 Å². The maximum atomic E-state index is 12.3. The molecule has 5 nitrogen and oxygen atoms in total. The summed E-state index contributed by atoms with van der Waals surface area (Å²) in [7, 11) is 4.70. The van der Waals surface area contributed by atoms with Crippen molar-refractivity contribution in [2.24, 2.45) is 0 Å². The van der Waals surface area contributed by atoms with Gasteiger partial charge >= 0.3 is 0 Å². The third-order valence-corrected chi connectivity index (χ3v) is 4.12. The van der Waals surface area contributed by atoms with Gasteiger partial charge in [0.1, 0.15) is 0 Å². The molecule has 0 fully saturated rings. The van der Waals surface area contributed by atoms with E-state index in [2.05, 4.69) is 5.32 Å². The molecule has 0 saturated heterocycles. The molecule has 0 radical (unpaired) electrons. The number of rotatable bonds is 7. The number of aryl methyl sites for hydroxylation is 2. The second kappa shape index (κ2) is 8.42. The number of carbonyl (C=O) groups is 1. The van der Waals surface area contributed by atoms with E-state index in [1.807, 2.05) is 38.1 Å². The summed E-state index contributed by atoms with van der Waals surface area (Å²) in [5.41, 5.74) is 4.13. The quantitative estimate of drug-likeness (QED) is 0.839. The van der Waals surface area contributed by atoms with Crippen LogP contribution < -0.4 is 19.5 Å². The largest absolute Gasteiger partial charge is 0.493 e. The van der Waals surface area contributed by atoms with Crippen LogP contribution in [0.25, 0.3) is 0 Å². The Balaban J connectivity index is 2.10. The van der Waals surface area contributed by atoms with E-state index in [1.54, 1.807) is 27.4 Å². The molecule has 25 heavy (non-hydrogen) atoms. The zero-order valence-corrected chi connectivity index (χ0v) is 15.4. The van der Waals surface area contributed by atoms with E-state index >= 15 is 0 Å². The SMILES string of the molecule is COc1ccc(CNC(=O)Cc2cc(C)ccc2C)c(OC)c1OC. The lowest BCUT2D eigenvalue weighted by Crippen LogP contribution is -2.25. The van der Waals surface area contributed by atoms with Crippen molar-refractivity contribution in [3.8, 4) is 17.2 Å². The molecule has 2 rings (SSSR count). The van der Waals surface area contributed by atoms with Gasteiger partial charge in [-0.25, -0.2) is 0 Å². The Morgan fingerprint density at radius 3 is 2.28 bits per heavy atom. The molecule has 0 spiro atoms. The molecule has 0 atom stereocenters. The molecule has 5 heteroatoms. The predicted octanol–water partition coefficient (Wildman–Crippen LogP) is 3.19. The van der Waals surface area contributed by atoms with Crippen molar-refractivity contribution in [1.82, 2.24) is 5.32 Å². The van der Waals surface area contributed by atoms with E-state index in [1.165, 1.54) is 0 Å². The molecule has 0 bridgehead atoms. The number of nitrogens with one attached hydrogen (secondary N) is 1. The van der Waals surface area contributed by atoms with Gasteiger partial charge in [0.15, 0.2) is 11.5 Å². The van der Waals surface area contributed by atoms with Crippen molar-refractivity contribution in [2.75, 3.05) is 21.3 Å². The Morgan fingerprint density at radius 1 is 0.920 bits per heavy atom. The molecule has 0 aliphatic heterocycles. The van der Waals surface area contributed by atoms with Crippen molar-refractivity contribution < 1.29 is 19.0 Å². The van der Waals surface area contributed by atoms with E-state index in [4.69, 9.17) is 14.2 Å². The molecule has 0 saturated carbocycles. The van der Waals surface area contributed by atoms with Gasteiger partial charge < -0.3 is 19.5 Å². The van der Waals surface area contributed by atoms with Gasteiger partial charge in [0.2, 0.25) is 11.7 Å². The fraction of sp³-hybridized carbons (Fsp3) is 0.350. The number of carbonyl (C=O) groups excluding carboxylic acids is 1. The fourth-order valence-corrected chi connectivity index (χ4v) is 2.72. The maximum Gasteiger partial charge on any atom is 0.224 e. The number of amides is 1. The van der Waals surface area contributed by atoms with Gasteiger partial charge in [-0.1, -0.05) is 23.8 Å². The number of benzene rings is 2. The molecule has 0 aliphatic carbocycles. The Hall–Kier alpha value is -2.69. The topological polar surface area (TPSA) is 56.8 Å². The first-order chi connectivity index (χ1) is 12.0. The van der Waals surface area contributed by atoms with Gasteiger partial charge in [-0.2, -0.15) is 0 Å². The van der Waals surface area contributed by atoms with Gasteiger partial charge in [0.25, 0.3) is 0 Å². The van der Waals surface area contributed by atoms with Gasteiger partial charge in [0.05, 0.1) is 27.8 Å². The van der Waals surface area contributed by atoms with Crippen LogP contribution in [0.1, 0.15) is 22.3 Å². The smallest absolute Gasteiger partial charge is 0.224 e. The zero-order valence-electron chi connectivity index (χ0n) is 15.4. The standard InChI is InChI=1S/C20H25NO4/c1-13-6-7-14(2)16(10-13)11-18(22)21-12-15-8-9-17(23-3)20(25-5)19(15)24-4/h6-10H,11-12H2,1-5H3,(H,21,22). The third-order valence-electron chi connectivity index (χ3n) is 4.12. The highest BCUT2D eigenvalue weighted by Gasteiger charge is 2.16. The average molecular weight is 343 g/mol. The highest BCUT2D eigenvalue weighted by molar-refractivity contribution is 5.79. The minimum absolute atomic E-state index is 0.0365. The Kier molecular flexibility index (Phi) is 6.28. The minimum Gasteiger partial charge on any atom is -0.493 e. The highest BCUT2D eigenvalue weighted by Crippen LogP contribution is 2.39. The van der Waals surface area contributed by atoms with E-state index in [-0.39, 0.29) is 5.91 Å². The summed E-state index contributed by atoms with van der Waals surface area (Å²) in [6, 6.07) is 9.79. The summed E-state index contributed by atoms with van der Waals surface area (Å²) in [6.45, 7) is 4.39. The van der Waals surface area contributed by atoms with E-state index in [9.17, 15) is 4.79 Å². The van der Waals surface area contributed by atoms with Crippen LogP contribution in [-0.4, -0.2) is 27.2 Å². The van der Waals surface area contributed by atoms with E-state index < -0.39 is 0 Å². The monoisotopic (exact) mass is 343 g/mol. The fourth-order valence-electron chi connectivity index (χ4n) is 2.72. The molecule has 2 aromatic rings. The molecular weight excluding hydrogens is 318 g/mol. The second-order valence-electron chi connectivity index (χ2n) is 5.88. The van der Waals surface area contributed by atoms with E-state index in [0.717, 1.165) is 22.3 Å². The van der Waals surface area contributed by atoms with Crippen LogP contribution >= 0.6 is 0 Å². The average Bonchev–Trinajstić information content (AvgIpc) is 2.61. The molecule has 2 aromatic carbocycles. The van der Waals surface area contributed by atoms with Crippen LogP contribution in [0.15, 0.2) is 30.3 Å². The second-order valence-corrected chi connectivity index (χ2v) is 5.88. The summed E-state index contributed by atoms with van der Waals surface area (Å²) in [4.78, 5) is 12.3. The molecule has 0 unspecified atom stereocenters. The highest BCUT2D eigenvalue weighted by atomic mass is 16.5. The van der Waals surface area contributed by atoms with Crippen LogP contribution in [-0.2, 0) is 17.8 Å². The van der Waals surface area contributed by atoms with Crippen LogP contribution in [0, 0.1) is 13.8 Å². The Morgan fingerprint density at radius 2 is 1.64 bits per heavy atom. The van der Waals surface area contributed by atoms with Crippen molar-refractivity contribution in [3.63, 3.8) is 0 Å². The molecule has 0 aromatic heterocycles. The number of hydrogen-bond acceptors (Lipinski definition) is 4. The van der Waals surface area contributed by atoms with Gasteiger partial charge in [-0.15, -0.1) is 0 Å². The van der Waals surface area contributed by atoms with Crippen molar-refractivity contribution in [2.45, 2.75) is 26.8 Å². The Labute approximate surface area is 148 Å². The summed E-state index contributed by atoms with van der Waals surface area (Å²) in [5, 5.41) is 2.94. The molecule has 0 aliphatic rings. The number of methoxy groups -OCH3 is 3. The van der Waals surface area contributed by atoms with Crippen molar-refractivity contribution in [3.05, 3.63) is 52.6 Å². The van der Waals surface area contributed by atoms with Gasteiger partial charge in [-0.05, 0) is 37.1 Å². The van der Waals surface area contributed by atoms with Crippen molar-refractivity contribution >= 4 is 5.91 Å². The summed E-state index contributed by atoms with van der Waals surface area (Å²) < 4.78 is 16.1. The van der Waals surface area contributed by atoms with Crippen LogP contribution in [0.3, 0.4) is 0 Å². The zero-order chi connectivity index (χ0) is 18.4. The first-order valence-corrected chi connectivity index (χ1v) is 8.10. The predicted molar refractivity (Wildman–Crippen MR) is 97.6 cm³/mol. The van der Waals surface area contributed by atoms with Crippen LogP contribution in [0.4, 0.5) is 0 Å². The number of ether oxygens (including phenoxy) is 3.